The van der Waals surface area contributed by atoms with Crippen molar-refractivity contribution in [3.8, 4) is 0 Å². The van der Waals surface area contributed by atoms with E-state index in [1.807, 2.05) is 12.1 Å². The lowest BCUT2D eigenvalue weighted by Crippen LogP contribution is -2.22. The quantitative estimate of drug-likeness (QED) is 0.820. The summed E-state index contributed by atoms with van der Waals surface area (Å²) in [6, 6.07) is 8.70. The van der Waals surface area contributed by atoms with Crippen LogP contribution in [0.15, 0.2) is 28.7 Å². The Morgan fingerprint density at radius 1 is 1.50 bits per heavy atom. The molecule has 2 nitrogen and oxygen atoms in total. The second-order valence-electron chi connectivity index (χ2n) is 3.22. The van der Waals surface area contributed by atoms with Crippen molar-refractivity contribution in [2.75, 3.05) is 20.3 Å². The second-order valence-corrected chi connectivity index (χ2v) is 4.14. The van der Waals surface area contributed by atoms with Crippen LogP contribution < -0.4 is 5.32 Å². The largest absolute Gasteiger partial charge is 0.383 e. The van der Waals surface area contributed by atoms with Gasteiger partial charge in [0.25, 0.3) is 0 Å². The molecule has 14 heavy (non-hydrogen) atoms. The maximum absolute atomic E-state index is 4.98. The molecule has 3 heteroatoms. The number of rotatable bonds is 5. The lowest BCUT2D eigenvalue weighted by molar-refractivity contribution is 0.196. The van der Waals surface area contributed by atoms with Gasteiger partial charge in [-0.25, -0.2) is 0 Å². The molecule has 1 N–H and O–H groups in total. The number of halogens is 1. The standard InChI is InChI=1S/C11H16BrNO/c1-9(13-6-7-14-2)10-4-3-5-11(12)8-10/h3-5,8-9,13H,6-7H2,1-2H3. The van der Waals surface area contributed by atoms with Gasteiger partial charge in [0, 0.05) is 24.2 Å². The molecule has 78 valence electrons. The molecular weight excluding hydrogens is 242 g/mol. The maximum Gasteiger partial charge on any atom is 0.0587 e. The maximum atomic E-state index is 4.98. The third-order valence-corrected chi connectivity index (χ3v) is 2.60. The topological polar surface area (TPSA) is 21.3 Å². The van der Waals surface area contributed by atoms with Crippen molar-refractivity contribution < 1.29 is 4.74 Å². The molecule has 1 aromatic rings. The molecule has 0 aliphatic rings. The summed E-state index contributed by atoms with van der Waals surface area (Å²) in [5, 5.41) is 3.38. The molecule has 0 radical (unpaired) electrons. The van der Waals surface area contributed by atoms with Crippen LogP contribution in [0.4, 0.5) is 0 Å². The molecule has 1 unspecified atom stereocenters. The van der Waals surface area contributed by atoms with Gasteiger partial charge < -0.3 is 10.1 Å². The van der Waals surface area contributed by atoms with E-state index in [1.165, 1.54) is 5.56 Å². The van der Waals surface area contributed by atoms with Crippen molar-refractivity contribution >= 4 is 15.9 Å². The molecule has 0 aliphatic carbocycles. The first-order chi connectivity index (χ1) is 6.74. The van der Waals surface area contributed by atoms with E-state index < -0.39 is 0 Å². The molecule has 1 aromatic carbocycles. The number of ether oxygens (including phenoxy) is 1. The number of benzene rings is 1. The Morgan fingerprint density at radius 2 is 2.29 bits per heavy atom. The van der Waals surface area contributed by atoms with E-state index in [4.69, 9.17) is 4.74 Å². The fourth-order valence-corrected chi connectivity index (χ4v) is 1.69. The van der Waals surface area contributed by atoms with Crippen LogP contribution in [-0.4, -0.2) is 20.3 Å². The van der Waals surface area contributed by atoms with E-state index in [0.717, 1.165) is 17.6 Å². The molecule has 1 rings (SSSR count). The van der Waals surface area contributed by atoms with Crippen LogP contribution >= 0.6 is 15.9 Å². The van der Waals surface area contributed by atoms with Crippen molar-refractivity contribution in [2.45, 2.75) is 13.0 Å². The Labute approximate surface area is 93.8 Å². The van der Waals surface area contributed by atoms with E-state index in [-0.39, 0.29) is 0 Å². The number of methoxy groups -OCH3 is 1. The monoisotopic (exact) mass is 257 g/mol. The predicted octanol–water partition coefficient (Wildman–Crippen LogP) is 2.75. The zero-order chi connectivity index (χ0) is 10.4. The first kappa shape index (κ1) is 11.7. The van der Waals surface area contributed by atoms with E-state index in [2.05, 4.69) is 40.3 Å². The summed E-state index contributed by atoms with van der Waals surface area (Å²) < 4.78 is 6.10. The lowest BCUT2D eigenvalue weighted by atomic mass is 10.1. The molecule has 0 amide bonds. The van der Waals surface area contributed by atoms with Gasteiger partial charge in [-0.3, -0.25) is 0 Å². The molecule has 0 aromatic heterocycles. The zero-order valence-electron chi connectivity index (χ0n) is 8.59. The molecular formula is C11H16BrNO. The van der Waals surface area contributed by atoms with E-state index in [0.29, 0.717) is 6.04 Å². The summed E-state index contributed by atoms with van der Waals surface area (Å²) in [5.41, 5.74) is 1.29. The molecule has 0 saturated heterocycles. The van der Waals surface area contributed by atoms with Crippen LogP contribution in [0.1, 0.15) is 18.5 Å². The highest BCUT2D eigenvalue weighted by Crippen LogP contribution is 2.17. The van der Waals surface area contributed by atoms with Crippen molar-refractivity contribution in [2.24, 2.45) is 0 Å². The van der Waals surface area contributed by atoms with E-state index in [9.17, 15) is 0 Å². The van der Waals surface area contributed by atoms with Crippen molar-refractivity contribution in [3.63, 3.8) is 0 Å². The van der Waals surface area contributed by atoms with Gasteiger partial charge >= 0.3 is 0 Å². The SMILES string of the molecule is COCCNC(C)c1cccc(Br)c1. The fourth-order valence-electron chi connectivity index (χ4n) is 1.27. The number of hydrogen-bond donors (Lipinski definition) is 1. The van der Waals surface area contributed by atoms with Gasteiger partial charge in [-0.2, -0.15) is 0 Å². The summed E-state index contributed by atoms with van der Waals surface area (Å²) >= 11 is 3.46. The van der Waals surface area contributed by atoms with Gasteiger partial charge in [0.05, 0.1) is 6.61 Å². The number of hydrogen-bond acceptors (Lipinski definition) is 2. The van der Waals surface area contributed by atoms with Gasteiger partial charge in [0.1, 0.15) is 0 Å². The van der Waals surface area contributed by atoms with Gasteiger partial charge in [-0.1, -0.05) is 28.1 Å². The zero-order valence-corrected chi connectivity index (χ0v) is 10.2. The minimum Gasteiger partial charge on any atom is -0.383 e. The fraction of sp³-hybridized carbons (Fsp3) is 0.455. The minimum atomic E-state index is 0.364. The Kier molecular flexibility index (Phi) is 5.15. The van der Waals surface area contributed by atoms with Crippen LogP contribution in [-0.2, 0) is 4.74 Å². The molecule has 0 bridgehead atoms. The highest BCUT2D eigenvalue weighted by molar-refractivity contribution is 9.10. The molecule has 0 aliphatic heterocycles. The Morgan fingerprint density at radius 3 is 2.93 bits per heavy atom. The van der Waals surface area contributed by atoms with Crippen LogP contribution in [0.25, 0.3) is 0 Å². The van der Waals surface area contributed by atoms with Crippen molar-refractivity contribution in [3.05, 3.63) is 34.3 Å². The molecule has 0 saturated carbocycles. The average Bonchev–Trinajstić information content (AvgIpc) is 2.18. The third kappa shape index (κ3) is 3.78. The minimum absolute atomic E-state index is 0.364. The summed E-state index contributed by atoms with van der Waals surface area (Å²) in [5.74, 6) is 0. The van der Waals surface area contributed by atoms with E-state index >= 15 is 0 Å². The van der Waals surface area contributed by atoms with E-state index in [1.54, 1.807) is 7.11 Å². The number of nitrogens with one attached hydrogen (secondary N) is 1. The van der Waals surface area contributed by atoms with Gasteiger partial charge in [0.2, 0.25) is 0 Å². The van der Waals surface area contributed by atoms with Crippen LogP contribution in [0.2, 0.25) is 0 Å². The van der Waals surface area contributed by atoms with Crippen molar-refractivity contribution in [1.82, 2.24) is 5.32 Å². The van der Waals surface area contributed by atoms with Gasteiger partial charge in [-0.15, -0.1) is 0 Å². The summed E-state index contributed by atoms with van der Waals surface area (Å²) in [7, 11) is 1.71. The normalized spacial score (nSPS) is 12.8. The van der Waals surface area contributed by atoms with Gasteiger partial charge in [-0.05, 0) is 24.6 Å². The molecule has 0 fully saturated rings. The Bertz CT molecular complexity index is 278. The van der Waals surface area contributed by atoms with Crippen molar-refractivity contribution in [1.29, 1.82) is 0 Å². The average molecular weight is 258 g/mol. The predicted molar refractivity (Wildman–Crippen MR) is 62.4 cm³/mol. The van der Waals surface area contributed by atoms with Gasteiger partial charge in [0.15, 0.2) is 0 Å². The molecule has 0 heterocycles. The van der Waals surface area contributed by atoms with Crippen LogP contribution in [0, 0.1) is 0 Å². The highest BCUT2D eigenvalue weighted by Gasteiger charge is 2.03. The smallest absolute Gasteiger partial charge is 0.0587 e. The summed E-state index contributed by atoms with van der Waals surface area (Å²) in [6.07, 6.45) is 0. The second kappa shape index (κ2) is 6.17. The van der Waals surface area contributed by atoms with Crippen LogP contribution in [0.3, 0.4) is 0 Å². The lowest BCUT2D eigenvalue weighted by Gasteiger charge is -2.13. The summed E-state index contributed by atoms with van der Waals surface area (Å²) in [4.78, 5) is 0. The molecule has 0 spiro atoms. The molecule has 1 atom stereocenters. The van der Waals surface area contributed by atoms with Crippen LogP contribution in [0.5, 0.6) is 0 Å². The summed E-state index contributed by atoms with van der Waals surface area (Å²) in [6.45, 7) is 3.78. The Hall–Kier alpha value is -0.380. The first-order valence-corrected chi connectivity index (χ1v) is 5.51. The highest BCUT2D eigenvalue weighted by atomic mass is 79.9. The third-order valence-electron chi connectivity index (χ3n) is 2.11. The Balaban J connectivity index is 2.47. The first-order valence-electron chi connectivity index (χ1n) is 4.72.